The Morgan fingerprint density at radius 1 is 0.547 bits per heavy atom. The molecule has 0 aliphatic heterocycles. The topological polar surface area (TPSA) is 171 Å². The number of rotatable bonds is 6. The fourth-order valence-corrected chi connectivity index (χ4v) is 9.70. The van der Waals surface area contributed by atoms with Crippen LogP contribution in [0.2, 0.25) is 0 Å². The average Bonchev–Trinajstić information content (AvgIpc) is 3.89. The summed E-state index contributed by atoms with van der Waals surface area (Å²) in [5.74, 6) is -0.468. The van der Waals surface area contributed by atoms with Gasteiger partial charge >= 0.3 is 0 Å². The highest BCUT2D eigenvalue weighted by Crippen LogP contribution is 2.42. The molecule has 2 saturated carbocycles. The minimum Gasteiger partial charge on any atom is -0.508 e. The maximum atomic E-state index is 14.7. The fourth-order valence-electron chi connectivity index (χ4n) is 9.70. The van der Waals surface area contributed by atoms with Gasteiger partial charge in [-0.15, -0.1) is 0 Å². The van der Waals surface area contributed by atoms with Gasteiger partial charge in [0.15, 0.2) is 11.3 Å². The fraction of sp³-hybridized carbons (Fsp3) is 0.269. The molecule has 4 aromatic heterocycles. The first-order valence-electron chi connectivity index (χ1n) is 21.9. The Morgan fingerprint density at radius 2 is 0.922 bits per heavy atom. The number of H-pyrrole nitrogens is 2. The summed E-state index contributed by atoms with van der Waals surface area (Å²) in [6.07, 6.45) is 12.6. The van der Waals surface area contributed by atoms with Crippen molar-refractivity contribution in [2.75, 3.05) is 0 Å². The number of phenolic OH excluding ortho intramolecular Hbond substituents is 2. The molecular formula is C52H46F2N8O2. The number of hydrogen-bond acceptors (Lipinski definition) is 8. The van der Waals surface area contributed by atoms with Crippen LogP contribution in [0.25, 0.3) is 66.8 Å². The molecule has 0 unspecified atom stereocenters. The van der Waals surface area contributed by atoms with E-state index in [0.717, 1.165) is 45.4 Å². The summed E-state index contributed by atoms with van der Waals surface area (Å²) in [7, 11) is 0. The molecule has 2 fully saturated rings. The number of fused-ring (bicyclic) bond motifs is 2. The van der Waals surface area contributed by atoms with Crippen LogP contribution in [0.1, 0.15) is 110 Å². The van der Waals surface area contributed by atoms with E-state index in [9.17, 15) is 29.5 Å². The molecule has 4 N–H and O–H groups in total. The summed E-state index contributed by atoms with van der Waals surface area (Å²) in [5.41, 5.74) is 9.56. The van der Waals surface area contributed by atoms with E-state index in [4.69, 9.17) is 0 Å². The summed E-state index contributed by atoms with van der Waals surface area (Å²) >= 11 is 0. The lowest BCUT2D eigenvalue weighted by Gasteiger charge is -2.22. The van der Waals surface area contributed by atoms with Gasteiger partial charge in [-0.3, -0.25) is 10.2 Å². The van der Waals surface area contributed by atoms with E-state index in [1.54, 1.807) is 0 Å². The van der Waals surface area contributed by atoms with E-state index in [2.05, 4.69) is 66.8 Å². The Bertz CT molecular complexity index is 2900. The third-order valence-corrected chi connectivity index (χ3v) is 13.0. The predicted octanol–water partition coefficient (Wildman–Crippen LogP) is 12.7. The van der Waals surface area contributed by atoms with E-state index in [1.165, 1.54) is 99.6 Å². The highest BCUT2D eigenvalue weighted by Gasteiger charge is 2.26. The molecule has 0 radical (unpaired) electrons. The predicted molar refractivity (Wildman–Crippen MR) is 243 cm³/mol. The van der Waals surface area contributed by atoms with Gasteiger partial charge in [0, 0.05) is 45.8 Å². The first-order valence-corrected chi connectivity index (χ1v) is 21.9. The lowest BCUT2D eigenvalue weighted by atomic mass is 9.83. The summed E-state index contributed by atoms with van der Waals surface area (Å²) in [5, 5.41) is 55.4. The van der Waals surface area contributed by atoms with Gasteiger partial charge in [0.05, 0.1) is 33.3 Å². The second-order valence-electron chi connectivity index (χ2n) is 17.0. The molecule has 8 aromatic rings. The Labute approximate surface area is 369 Å². The van der Waals surface area contributed by atoms with E-state index < -0.39 is 11.6 Å². The molecule has 4 heterocycles. The number of pyridine rings is 2. The van der Waals surface area contributed by atoms with Crippen molar-refractivity contribution in [2.45, 2.75) is 89.9 Å². The van der Waals surface area contributed by atoms with E-state index in [-0.39, 0.29) is 45.1 Å². The molecule has 0 bridgehead atoms. The van der Waals surface area contributed by atoms with Crippen LogP contribution in [0.15, 0.2) is 84.9 Å². The molecule has 0 atom stereocenters. The molecule has 64 heavy (non-hydrogen) atoms. The molecule has 2 aliphatic rings. The van der Waals surface area contributed by atoms with E-state index in [1.807, 2.05) is 38.1 Å². The molecule has 320 valence electrons. The van der Waals surface area contributed by atoms with Crippen molar-refractivity contribution in [3.8, 4) is 68.4 Å². The smallest absolute Gasteiger partial charge is 0.182 e. The van der Waals surface area contributed by atoms with Crippen molar-refractivity contribution in [2.24, 2.45) is 0 Å². The number of benzene rings is 4. The number of nitrogens with one attached hydrogen (secondary N) is 2. The molecular weight excluding hydrogens is 807 g/mol. The Balaban J connectivity index is 0.000000162. The maximum absolute atomic E-state index is 14.7. The zero-order valence-electron chi connectivity index (χ0n) is 35.6. The minimum atomic E-state index is -0.640. The molecule has 0 saturated heterocycles. The van der Waals surface area contributed by atoms with Gasteiger partial charge in [0.1, 0.15) is 35.3 Å². The highest BCUT2D eigenvalue weighted by atomic mass is 19.1. The van der Waals surface area contributed by atoms with Crippen molar-refractivity contribution < 1.29 is 19.0 Å². The van der Waals surface area contributed by atoms with Crippen LogP contribution in [-0.4, -0.2) is 40.6 Å². The number of nitriles is 2. The first kappa shape index (κ1) is 41.9. The van der Waals surface area contributed by atoms with Crippen LogP contribution in [0.4, 0.5) is 8.78 Å². The highest BCUT2D eigenvalue weighted by molar-refractivity contribution is 6.02. The van der Waals surface area contributed by atoms with Gasteiger partial charge < -0.3 is 10.2 Å². The van der Waals surface area contributed by atoms with Crippen LogP contribution in [0.3, 0.4) is 0 Å². The summed E-state index contributed by atoms with van der Waals surface area (Å²) in [6.45, 7) is 3.78. The molecule has 0 amide bonds. The molecule has 10 rings (SSSR count). The van der Waals surface area contributed by atoms with Crippen LogP contribution >= 0.6 is 0 Å². The molecule has 4 aromatic carbocycles. The van der Waals surface area contributed by atoms with Crippen molar-refractivity contribution in [1.29, 1.82) is 10.5 Å². The number of aromatic hydroxyl groups is 2. The van der Waals surface area contributed by atoms with Crippen molar-refractivity contribution >= 4 is 22.1 Å². The zero-order valence-corrected chi connectivity index (χ0v) is 35.6. The van der Waals surface area contributed by atoms with Crippen molar-refractivity contribution in [3.05, 3.63) is 130 Å². The monoisotopic (exact) mass is 852 g/mol. The van der Waals surface area contributed by atoms with Gasteiger partial charge in [-0.1, -0.05) is 87.1 Å². The van der Waals surface area contributed by atoms with Crippen LogP contribution in [-0.2, 0) is 0 Å². The van der Waals surface area contributed by atoms with Gasteiger partial charge in [-0.2, -0.15) is 20.7 Å². The van der Waals surface area contributed by atoms with Gasteiger partial charge in [0.25, 0.3) is 0 Å². The summed E-state index contributed by atoms with van der Waals surface area (Å²) < 4.78 is 29.4. The molecule has 0 spiro atoms. The third kappa shape index (κ3) is 7.92. The third-order valence-electron chi connectivity index (χ3n) is 13.0. The average molecular weight is 853 g/mol. The standard InChI is InChI=1S/2C26H23FN4O/c2*1-15-23-24(18-9-7-17(8-10-18)16-5-3-2-4-6-16)21(14-28)25(29-26(23)31-30-15)20-12-11-19(32)13-22(20)27/h2*7-13,16,32H,2-6H2,1H3,(H,29,30,31). The first-order chi connectivity index (χ1) is 31.1. The Morgan fingerprint density at radius 3 is 1.27 bits per heavy atom. The van der Waals surface area contributed by atoms with Crippen molar-refractivity contribution in [3.63, 3.8) is 0 Å². The molecule has 10 nitrogen and oxygen atoms in total. The van der Waals surface area contributed by atoms with Crippen LogP contribution in [0, 0.1) is 48.1 Å². The molecule has 2 aliphatic carbocycles. The number of phenols is 2. The van der Waals surface area contributed by atoms with Gasteiger partial charge in [-0.25, -0.2) is 18.7 Å². The lowest BCUT2D eigenvalue weighted by Crippen LogP contribution is -2.04. The second kappa shape index (κ2) is 17.7. The lowest BCUT2D eigenvalue weighted by molar-refractivity contribution is 0.443. The van der Waals surface area contributed by atoms with E-state index in [0.29, 0.717) is 34.3 Å². The van der Waals surface area contributed by atoms with Gasteiger partial charge in [0.2, 0.25) is 0 Å². The minimum absolute atomic E-state index is 0.155. The quantitative estimate of drug-likeness (QED) is 0.128. The van der Waals surface area contributed by atoms with Gasteiger partial charge in [-0.05, 0) is 97.9 Å². The summed E-state index contributed by atoms with van der Waals surface area (Å²) in [4.78, 5) is 9.04. The Kier molecular flexibility index (Phi) is 11.6. The van der Waals surface area contributed by atoms with Crippen molar-refractivity contribution in [1.82, 2.24) is 30.4 Å². The number of aryl methyl sites for hydroxylation is 2. The number of nitrogens with zero attached hydrogens (tertiary/aromatic N) is 6. The van der Waals surface area contributed by atoms with Crippen LogP contribution in [0.5, 0.6) is 11.5 Å². The second-order valence-corrected chi connectivity index (χ2v) is 17.0. The normalized spacial score (nSPS) is 14.5. The largest absolute Gasteiger partial charge is 0.508 e. The summed E-state index contributed by atoms with van der Waals surface area (Å²) in [6, 6.07) is 29.0. The number of hydrogen-bond donors (Lipinski definition) is 4. The SMILES string of the molecule is Cc1[nH]nc2nc(-c3ccc(O)cc3F)c(C#N)c(-c3ccc(C4CCCCC4)cc3)c12.Cc1[nH]nc2nc(-c3ccc(O)cc3F)c(C#N)c(-c3ccc(C4CCCCC4)cc3)c12. The van der Waals surface area contributed by atoms with Crippen LogP contribution < -0.4 is 0 Å². The maximum Gasteiger partial charge on any atom is 0.182 e. The number of halogens is 2. The Hall–Kier alpha value is -7.44. The number of aromatic amines is 2. The van der Waals surface area contributed by atoms with E-state index >= 15 is 0 Å². The number of aromatic nitrogens is 6. The molecule has 12 heteroatoms. The zero-order chi connectivity index (χ0) is 44.5.